The molecule has 4 aliphatic rings. The number of carbonyl (C=O) groups excluding carboxylic acids is 3. The van der Waals surface area contributed by atoms with E-state index in [9.17, 15) is 24.3 Å². The SMILES string of the molecule is C1CNC1.COc1cc(OC)c(Cl)c(-c2ccc3nc(C[C@H]4C[C@@H](C(=O)N5CCC5)N(C(=O)OC(C)(C)C)C4)ncc3c2)c1Cl.COc1cc(OC)c(Cl)c(-c2ccc3nc(C[C@H]4C[C@@H](C(=O)O)N(C(=O)OC(C)(C)C)C4)ncc3c2)c1Cl. The Kier molecular flexibility index (Phi) is 19.9. The van der Waals surface area contributed by atoms with Gasteiger partial charge < -0.3 is 43.7 Å². The van der Waals surface area contributed by atoms with Crippen LogP contribution in [-0.2, 0) is 31.9 Å². The summed E-state index contributed by atoms with van der Waals surface area (Å²) in [5.41, 5.74) is 2.79. The van der Waals surface area contributed by atoms with E-state index in [4.69, 9.17) is 79.8 Å². The van der Waals surface area contributed by atoms with Crippen LogP contribution in [0.15, 0.2) is 60.9 Å². The number of likely N-dealkylation sites (tertiary alicyclic amines) is 3. The molecule has 0 radical (unpaired) electrons. The van der Waals surface area contributed by atoms with Crippen molar-refractivity contribution in [1.29, 1.82) is 0 Å². The third-order valence-corrected chi connectivity index (χ3v) is 15.9. The maximum atomic E-state index is 13.2. The fourth-order valence-corrected chi connectivity index (χ4v) is 11.5. The minimum atomic E-state index is -1.06. The number of fused-ring (bicyclic) bond motifs is 2. The number of aliphatic carboxylic acids is 1. The van der Waals surface area contributed by atoms with Crippen LogP contribution in [0.1, 0.15) is 78.9 Å². The number of rotatable bonds is 12. The molecule has 0 spiro atoms. The van der Waals surface area contributed by atoms with Gasteiger partial charge in [-0.25, -0.2) is 34.3 Å². The maximum absolute atomic E-state index is 13.2. The van der Waals surface area contributed by atoms with E-state index in [0.29, 0.717) is 104 Å². The first-order valence-electron chi connectivity index (χ1n) is 27.3. The Bertz CT molecular complexity index is 3330. The van der Waals surface area contributed by atoms with Gasteiger partial charge in [0.15, 0.2) is 0 Å². The molecule has 2 N–H and O–H groups in total. The summed E-state index contributed by atoms with van der Waals surface area (Å²) in [6.45, 7) is 15.3. The van der Waals surface area contributed by atoms with E-state index in [0.717, 1.165) is 46.9 Å². The summed E-state index contributed by atoms with van der Waals surface area (Å²) in [7, 11) is 6.11. The molecule has 4 aliphatic heterocycles. The number of methoxy groups -OCH3 is 4. The first-order chi connectivity index (χ1) is 39.4. The van der Waals surface area contributed by atoms with Crippen LogP contribution in [-0.4, -0.2) is 155 Å². The highest BCUT2D eigenvalue weighted by Gasteiger charge is 2.45. The van der Waals surface area contributed by atoms with E-state index in [1.807, 2.05) is 62.1 Å². The highest BCUT2D eigenvalue weighted by molar-refractivity contribution is 6.42. The summed E-state index contributed by atoms with van der Waals surface area (Å²) in [5.74, 6) is 1.83. The van der Waals surface area contributed by atoms with E-state index in [1.54, 1.807) is 50.2 Å². The zero-order valence-electron chi connectivity index (χ0n) is 48.2. The van der Waals surface area contributed by atoms with Crippen LogP contribution >= 0.6 is 46.4 Å². The Morgan fingerprint density at radius 1 is 0.590 bits per heavy atom. The number of ether oxygens (including phenoxy) is 6. The van der Waals surface area contributed by atoms with Gasteiger partial charge >= 0.3 is 18.2 Å². The van der Waals surface area contributed by atoms with Crippen molar-refractivity contribution in [2.45, 2.75) is 103 Å². The van der Waals surface area contributed by atoms with Crippen molar-refractivity contribution in [2.75, 3.05) is 67.7 Å². The van der Waals surface area contributed by atoms with Crippen LogP contribution in [0.4, 0.5) is 9.59 Å². The highest BCUT2D eigenvalue weighted by Crippen LogP contribution is 2.48. The summed E-state index contributed by atoms with van der Waals surface area (Å²) in [5, 5.41) is 15.8. The van der Waals surface area contributed by atoms with Crippen LogP contribution < -0.4 is 24.3 Å². The lowest BCUT2D eigenvalue weighted by Gasteiger charge is -2.36. The number of aromatic nitrogens is 4. The zero-order valence-corrected chi connectivity index (χ0v) is 51.3. The van der Waals surface area contributed by atoms with E-state index < -0.39 is 41.4 Å². The molecule has 0 saturated carbocycles. The monoisotopic (exact) mass is 1220 g/mol. The number of carbonyl (C=O) groups is 4. The number of carboxylic acid groups (broad SMARTS) is 1. The van der Waals surface area contributed by atoms with Gasteiger partial charge in [-0.15, -0.1) is 0 Å². The van der Waals surface area contributed by atoms with E-state index >= 15 is 0 Å². The second kappa shape index (κ2) is 26.5. The second-order valence-electron chi connectivity index (χ2n) is 22.7. The first-order valence-corrected chi connectivity index (χ1v) is 28.8. The number of hydrogen-bond donors (Lipinski definition) is 2. The summed E-state index contributed by atoms with van der Waals surface area (Å²) in [6.07, 6.45) is 6.55. The molecule has 6 heterocycles. The molecule has 19 nitrogen and oxygen atoms in total. The molecule has 0 bridgehead atoms. The molecule has 83 heavy (non-hydrogen) atoms. The Morgan fingerprint density at radius 3 is 1.29 bits per heavy atom. The van der Waals surface area contributed by atoms with Crippen LogP contribution in [0.25, 0.3) is 44.1 Å². The standard InChI is InChI=1S/C30H34Cl2N4O5.C27H29Cl2N3O6.C3H7N/c1-30(2,3)41-29(38)36-16-17(11-21(36)28(37)35-9-6-10-35)12-24-33-15-19-13-18(7-8-20(19)34-24)25-26(31)22(39-4)14-23(40-5)27(25)32;1-27(2,3)38-26(35)32-13-14(8-18(32)25(33)34)9-21-30-12-16-10-15(6-7-17(16)31-21)22-23(28)19(36-4)11-20(37-5)24(22)29;1-2-4-3-1/h7-8,13-15,17,21H,6,9-12,16H2,1-5H3;6-7,10-12,14,18H,8-9,13H2,1-5H3,(H,33,34);4H,1-3H2/t17-,21+;14-,18+;/m11./s1. The third kappa shape index (κ3) is 14.8. The Hall–Kier alpha value is -6.64. The van der Waals surface area contributed by atoms with Crippen molar-refractivity contribution in [2.24, 2.45) is 11.8 Å². The Morgan fingerprint density at radius 2 is 0.964 bits per heavy atom. The second-order valence-corrected chi connectivity index (χ2v) is 24.2. The fraction of sp³-hybridized carbons (Fsp3) is 0.467. The predicted octanol–water partition coefficient (Wildman–Crippen LogP) is 11.9. The molecule has 4 saturated heterocycles. The van der Waals surface area contributed by atoms with Gasteiger partial charge in [-0.1, -0.05) is 58.5 Å². The molecule has 23 heteroatoms. The van der Waals surface area contributed by atoms with E-state index in [2.05, 4.69) is 20.3 Å². The summed E-state index contributed by atoms with van der Waals surface area (Å²) in [6, 6.07) is 13.1. The quantitative estimate of drug-likeness (QED) is 0.116. The maximum Gasteiger partial charge on any atom is 0.411 e. The van der Waals surface area contributed by atoms with E-state index in [-0.39, 0.29) is 24.3 Å². The number of hydrogen-bond acceptors (Lipinski definition) is 15. The molecular weight excluding hydrogens is 1150 g/mol. The molecule has 4 aromatic carbocycles. The van der Waals surface area contributed by atoms with Crippen LogP contribution in [0.2, 0.25) is 20.1 Å². The fourth-order valence-electron chi connectivity index (χ4n) is 10.0. The lowest BCUT2D eigenvalue weighted by Crippen LogP contribution is -2.52. The molecule has 4 fully saturated rings. The van der Waals surface area contributed by atoms with Crippen LogP contribution in [0, 0.1) is 11.8 Å². The molecule has 2 aromatic heterocycles. The minimum Gasteiger partial charge on any atom is -0.495 e. The van der Waals surface area contributed by atoms with Gasteiger partial charge in [0.2, 0.25) is 5.91 Å². The molecule has 0 unspecified atom stereocenters. The van der Waals surface area contributed by atoms with E-state index in [1.165, 1.54) is 52.8 Å². The smallest absolute Gasteiger partial charge is 0.411 e. The van der Waals surface area contributed by atoms with Crippen molar-refractivity contribution in [3.63, 3.8) is 0 Å². The van der Waals surface area contributed by atoms with Gasteiger partial charge in [0.25, 0.3) is 0 Å². The Balaban J connectivity index is 0.000000203. The molecule has 3 amide bonds. The molecule has 0 aliphatic carbocycles. The van der Waals surface area contributed by atoms with Gasteiger partial charge in [-0.3, -0.25) is 14.6 Å². The molecule has 6 aromatic rings. The van der Waals surface area contributed by atoms with Crippen molar-refractivity contribution < 1.29 is 52.7 Å². The summed E-state index contributed by atoms with van der Waals surface area (Å²) < 4.78 is 32.6. The number of halogens is 4. The topological polar surface area (TPSA) is 217 Å². The largest absolute Gasteiger partial charge is 0.495 e. The van der Waals surface area contributed by atoms with Gasteiger partial charge in [0, 0.05) is 85.4 Å². The summed E-state index contributed by atoms with van der Waals surface area (Å²) >= 11 is 26.4. The first kappa shape index (κ1) is 62.4. The van der Waals surface area contributed by atoms with Gasteiger partial charge in [-0.2, -0.15) is 0 Å². The van der Waals surface area contributed by atoms with Gasteiger partial charge in [0.05, 0.1) is 59.6 Å². The lowest BCUT2D eigenvalue weighted by molar-refractivity contribution is -0.142. The number of carboxylic acids is 1. The molecule has 10 rings (SSSR count). The summed E-state index contributed by atoms with van der Waals surface area (Å²) in [4.78, 5) is 73.9. The number of nitrogens with zero attached hydrogens (tertiary/aromatic N) is 7. The van der Waals surface area contributed by atoms with Gasteiger partial charge in [-0.05, 0) is 128 Å². The average molecular weight is 1220 g/mol. The van der Waals surface area contributed by atoms with Crippen LogP contribution in [0.5, 0.6) is 23.0 Å². The lowest BCUT2D eigenvalue weighted by atomic mass is 9.99. The third-order valence-electron chi connectivity index (χ3n) is 14.4. The minimum absolute atomic E-state index is 0.0111. The van der Waals surface area contributed by atoms with Crippen molar-refractivity contribution in [3.05, 3.63) is 92.7 Å². The van der Waals surface area contributed by atoms with Crippen LogP contribution in [0.3, 0.4) is 0 Å². The molecule has 4 atom stereocenters. The van der Waals surface area contributed by atoms with Gasteiger partial charge in [0.1, 0.15) is 57.9 Å². The van der Waals surface area contributed by atoms with Crippen molar-refractivity contribution >= 4 is 92.3 Å². The normalized spacial score (nSPS) is 18.5. The highest BCUT2D eigenvalue weighted by atomic mass is 35.5. The zero-order chi connectivity index (χ0) is 60.1. The number of amides is 3. The number of nitrogens with one attached hydrogen (secondary N) is 1. The molecular formula is C60H70Cl4N8O11. The Labute approximate surface area is 503 Å². The average Bonchev–Trinajstić information content (AvgIpc) is 4.12. The predicted molar refractivity (Wildman–Crippen MR) is 320 cm³/mol. The van der Waals surface area contributed by atoms with Crippen molar-refractivity contribution in [3.8, 4) is 45.3 Å². The van der Waals surface area contributed by atoms with Crippen molar-refractivity contribution in [1.82, 2.24) is 40.0 Å². The number of benzene rings is 4. The molecule has 444 valence electrons.